The van der Waals surface area contributed by atoms with E-state index in [-0.39, 0.29) is 5.91 Å². The number of hydrazone groups is 1. The predicted molar refractivity (Wildman–Crippen MR) is 64.6 cm³/mol. The maximum absolute atomic E-state index is 11.7. The molecule has 3 rings (SSSR count). The summed E-state index contributed by atoms with van der Waals surface area (Å²) in [6, 6.07) is 3.49. The zero-order chi connectivity index (χ0) is 11.7. The van der Waals surface area contributed by atoms with E-state index in [2.05, 4.69) is 15.5 Å². The standard InChI is InChI=1S/C13H15N3O/c17-13(11-2-1-5-14-8-11)16-15-12-7-9-3-4-10(12)6-9/h1-2,5,8-10H,3-4,6-7H2,(H,16,17). The molecule has 1 heterocycles. The average Bonchev–Trinajstić information content (AvgIpc) is 2.99. The van der Waals surface area contributed by atoms with E-state index >= 15 is 0 Å². The Hall–Kier alpha value is -1.71. The fourth-order valence-electron chi connectivity index (χ4n) is 2.85. The molecule has 0 aliphatic heterocycles. The number of hydrogen-bond donors (Lipinski definition) is 1. The summed E-state index contributed by atoms with van der Waals surface area (Å²) in [5.41, 5.74) is 4.37. The normalized spacial score (nSPS) is 28.6. The molecule has 0 radical (unpaired) electrons. The van der Waals surface area contributed by atoms with Gasteiger partial charge in [0.1, 0.15) is 0 Å². The quantitative estimate of drug-likeness (QED) is 0.788. The van der Waals surface area contributed by atoms with E-state index in [1.807, 2.05) is 0 Å². The molecule has 1 aromatic rings. The Balaban J connectivity index is 1.65. The second kappa shape index (κ2) is 4.28. The van der Waals surface area contributed by atoms with E-state index in [0.29, 0.717) is 11.5 Å². The van der Waals surface area contributed by atoms with Gasteiger partial charge in [-0.25, -0.2) is 5.43 Å². The molecule has 2 unspecified atom stereocenters. The van der Waals surface area contributed by atoms with Gasteiger partial charge in [-0.1, -0.05) is 0 Å². The lowest BCUT2D eigenvalue weighted by molar-refractivity contribution is 0.0954. The number of aromatic nitrogens is 1. The number of pyridine rings is 1. The van der Waals surface area contributed by atoms with E-state index in [1.54, 1.807) is 24.5 Å². The van der Waals surface area contributed by atoms with E-state index in [0.717, 1.165) is 12.3 Å². The number of nitrogens with zero attached hydrogens (tertiary/aromatic N) is 2. The molecule has 4 nitrogen and oxygen atoms in total. The number of nitrogens with one attached hydrogen (secondary N) is 1. The van der Waals surface area contributed by atoms with Crippen LogP contribution in [0.1, 0.15) is 36.0 Å². The lowest BCUT2D eigenvalue weighted by Gasteiger charge is -2.11. The van der Waals surface area contributed by atoms with Crippen LogP contribution >= 0.6 is 0 Å². The number of hydrogen-bond acceptors (Lipinski definition) is 3. The lowest BCUT2D eigenvalue weighted by atomic mass is 9.99. The summed E-state index contributed by atoms with van der Waals surface area (Å²) in [7, 11) is 0. The number of fused-ring (bicyclic) bond motifs is 2. The van der Waals surface area contributed by atoms with Gasteiger partial charge in [0.2, 0.25) is 0 Å². The monoisotopic (exact) mass is 229 g/mol. The van der Waals surface area contributed by atoms with Crippen molar-refractivity contribution in [2.75, 3.05) is 0 Å². The largest absolute Gasteiger partial charge is 0.272 e. The predicted octanol–water partition coefficient (Wildman–Crippen LogP) is 1.99. The fraction of sp³-hybridized carbons (Fsp3) is 0.462. The first-order valence-corrected chi connectivity index (χ1v) is 6.10. The average molecular weight is 229 g/mol. The molecule has 1 amide bonds. The molecule has 1 aromatic heterocycles. The minimum atomic E-state index is -0.173. The molecule has 2 saturated carbocycles. The third kappa shape index (κ3) is 2.07. The first-order valence-electron chi connectivity index (χ1n) is 6.10. The van der Waals surface area contributed by atoms with Crippen LogP contribution in [0.3, 0.4) is 0 Å². The van der Waals surface area contributed by atoms with Crippen molar-refractivity contribution in [2.24, 2.45) is 16.9 Å². The maximum Gasteiger partial charge on any atom is 0.272 e. The van der Waals surface area contributed by atoms with Crippen LogP contribution in [0.4, 0.5) is 0 Å². The van der Waals surface area contributed by atoms with Crippen LogP contribution < -0.4 is 5.43 Å². The van der Waals surface area contributed by atoms with Gasteiger partial charge in [0.05, 0.1) is 5.56 Å². The van der Waals surface area contributed by atoms with Gasteiger partial charge in [0, 0.05) is 18.1 Å². The first-order chi connectivity index (χ1) is 8.33. The Kier molecular flexibility index (Phi) is 2.63. The van der Waals surface area contributed by atoms with Crippen LogP contribution in [0, 0.1) is 11.8 Å². The molecule has 2 bridgehead atoms. The van der Waals surface area contributed by atoms with Gasteiger partial charge in [0.25, 0.3) is 5.91 Å². The van der Waals surface area contributed by atoms with Crippen LogP contribution in [0.2, 0.25) is 0 Å². The number of carbonyl (C=O) groups is 1. The Morgan fingerprint density at radius 3 is 3.06 bits per heavy atom. The van der Waals surface area contributed by atoms with Gasteiger partial charge in [-0.05, 0) is 49.7 Å². The van der Waals surface area contributed by atoms with Gasteiger partial charge in [-0.3, -0.25) is 9.78 Å². The van der Waals surface area contributed by atoms with Crippen molar-refractivity contribution < 1.29 is 4.79 Å². The lowest BCUT2D eigenvalue weighted by Crippen LogP contribution is -2.21. The fourth-order valence-corrected chi connectivity index (χ4v) is 2.85. The van der Waals surface area contributed by atoms with Gasteiger partial charge in [-0.15, -0.1) is 0 Å². The zero-order valence-corrected chi connectivity index (χ0v) is 9.60. The van der Waals surface area contributed by atoms with Crippen molar-refractivity contribution in [3.05, 3.63) is 30.1 Å². The van der Waals surface area contributed by atoms with Crippen molar-refractivity contribution >= 4 is 11.6 Å². The molecule has 2 aliphatic rings. The number of carbonyl (C=O) groups excluding carboxylic acids is 1. The van der Waals surface area contributed by atoms with Crippen molar-refractivity contribution in [3.63, 3.8) is 0 Å². The van der Waals surface area contributed by atoms with Crippen molar-refractivity contribution in [1.82, 2.24) is 10.4 Å². The summed E-state index contributed by atoms with van der Waals surface area (Å²) in [5.74, 6) is 1.26. The maximum atomic E-state index is 11.7. The molecule has 0 aromatic carbocycles. The molecule has 2 fully saturated rings. The van der Waals surface area contributed by atoms with Gasteiger partial charge < -0.3 is 0 Å². The Bertz CT molecular complexity index is 455. The van der Waals surface area contributed by atoms with Crippen LogP contribution in [-0.2, 0) is 0 Å². The summed E-state index contributed by atoms with van der Waals surface area (Å²) >= 11 is 0. The molecule has 2 atom stereocenters. The highest BCUT2D eigenvalue weighted by Crippen LogP contribution is 2.42. The molecule has 0 saturated heterocycles. The molecular formula is C13H15N3O. The van der Waals surface area contributed by atoms with Crippen LogP contribution in [0.25, 0.3) is 0 Å². The minimum Gasteiger partial charge on any atom is -0.267 e. The molecular weight excluding hydrogens is 214 g/mol. The van der Waals surface area contributed by atoms with E-state index < -0.39 is 0 Å². The second-order valence-corrected chi connectivity index (χ2v) is 4.87. The van der Waals surface area contributed by atoms with Crippen molar-refractivity contribution in [2.45, 2.75) is 25.7 Å². The zero-order valence-electron chi connectivity index (χ0n) is 9.60. The molecule has 2 aliphatic carbocycles. The Morgan fingerprint density at radius 2 is 2.41 bits per heavy atom. The summed E-state index contributed by atoms with van der Waals surface area (Å²) in [6.07, 6.45) is 8.11. The SMILES string of the molecule is O=C(NN=C1CC2CCC1C2)c1cccnc1. The Labute approximate surface area is 100 Å². The molecule has 1 N–H and O–H groups in total. The Morgan fingerprint density at radius 1 is 1.47 bits per heavy atom. The van der Waals surface area contributed by atoms with Crippen molar-refractivity contribution in [3.8, 4) is 0 Å². The van der Waals surface area contributed by atoms with Crippen LogP contribution in [0.5, 0.6) is 0 Å². The van der Waals surface area contributed by atoms with Gasteiger partial charge in [0.15, 0.2) is 0 Å². The summed E-state index contributed by atoms with van der Waals surface area (Å²) < 4.78 is 0. The highest BCUT2D eigenvalue weighted by atomic mass is 16.2. The van der Waals surface area contributed by atoms with E-state index in [4.69, 9.17) is 0 Å². The first kappa shape index (κ1) is 10.4. The smallest absolute Gasteiger partial charge is 0.267 e. The van der Waals surface area contributed by atoms with Crippen LogP contribution in [-0.4, -0.2) is 16.6 Å². The molecule has 88 valence electrons. The van der Waals surface area contributed by atoms with Crippen LogP contribution in [0.15, 0.2) is 29.6 Å². The number of rotatable bonds is 2. The number of amides is 1. The van der Waals surface area contributed by atoms with Crippen molar-refractivity contribution in [1.29, 1.82) is 0 Å². The molecule has 4 heteroatoms. The molecule has 17 heavy (non-hydrogen) atoms. The minimum absolute atomic E-state index is 0.173. The summed E-state index contributed by atoms with van der Waals surface area (Å²) in [4.78, 5) is 15.7. The second-order valence-electron chi connectivity index (χ2n) is 4.87. The summed E-state index contributed by atoms with van der Waals surface area (Å²) in [5, 5.41) is 4.27. The summed E-state index contributed by atoms with van der Waals surface area (Å²) in [6.45, 7) is 0. The van der Waals surface area contributed by atoms with Gasteiger partial charge >= 0.3 is 0 Å². The highest BCUT2D eigenvalue weighted by molar-refractivity contribution is 5.96. The molecule has 0 spiro atoms. The highest BCUT2D eigenvalue weighted by Gasteiger charge is 2.36. The van der Waals surface area contributed by atoms with E-state index in [9.17, 15) is 4.79 Å². The third-order valence-corrected chi connectivity index (χ3v) is 3.74. The van der Waals surface area contributed by atoms with E-state index in [1.165, 1.54) is 25.0 Å². The topological polar surface area (TPSA) is 54.4 Å². The van der Waals surface area contributed by atoms with Gasteiger partial charge in [-0.2, -0.15) is 5.10 Å². The third-order valence-electron chi connectivity index (χ3n) is 3.74.